The van der Waals surface area contributed by atoms with Crippen LogP contribution in [0.25, 0.3) is 10.9 Å². The maximum absolute atomic E-state index is 4.44. The molecule has 0 aliphatic heterocycles. The molecule has 0 fully saturated rings. The van der Waals surface area contributed by atoms with Crippen molar-refractivity contribution >= 4 is 28.5 Å². The molecule has 0 aliphatic carbocycles. The van der Waals surface area contributed by atoms with Crippen molar-refractivity contribution in [1.82, 2.24) is 14.5 Å². The predicted octanol–water partition coefficient (Wildman–Crippen LogP) is 3.40. The van der Waals surface area contributed by atoms with E-state index in [1.165, 1.54) is 17.5 Å². The summed E-state index contributed by atoms with van der Waals surface area (Å²) < 4.78 is 5.32. The third-order valence-corrected chi connectivity index (χ3v) is 3.78. The quantitative estimate of drug-likeness (QED) is 0.741. The number of nitrogens with one attached hydrogen (secondary N) is 1. The van der Waals surface area contributed by atoms with Gasteiger partial charge in [0.15, 0.2) is 5.16 Å². The Balaban J connectivity index is 1.94. The second-order valence-corrected chi connectivity index (χ2v) is 5.19. The fraction of sp³-hybridized carbons (Fsp3) is 0.143. The van der Waals surface area contributed by atoms with Crippen LogP contribution in [-0.2, 0) is 7.05 Å². The van der Waals surface area contributed by atoms with E-state index in [-0.39, 0.29) is 0 Å². The minimum absolute atomic E-state index is 0.922. The third kappa shape index (κ3) is 2.42. The number of nitrogens with zero attached hydrogens (tertiary/aromatic N) is 3. The summed E-state index contributed by atoms with van der Waals surface area (Å²) in [4.78, 5) is 8.72. The molecule has 96 valence electrons. The number of pyridine rings is 1. The highest BCUT2D eigenvalue weighted by molar-refractivity contribution is 8.00. The van der Waals surface area contributed by atoms with Crippen molar-refractivity contribution in [2.45, 2.75) is 12.1 Å². The minimum atomic E-state index is 0.922. The highest BCUT2D eigenvalue weighted by Crippen LogP contribution is 2.27. The molecule has 3 aromatic rings. The van der Waals surface area contributed by atoms with E-state index in [9.17, 15) is 0 Å². The van der Waals surface area contributed by atoms with Gasteiger partial charge in [-0.3, -0.25) is 4.98 Å². The first-order chi connectivity index (χ1) is 9.24. The molecule has 0 saturated heterocycles. The van der Waals surface area contributed by atoms with Gasteiger partial charge >= 0.3 is 0 Å². The van der Waals surface area contributed by atoms with E-state index in [0.29, 0.717) is 0 Å². The molecule has 5 heteroatoms. The summed E-state index contributed by atoms with van der Waals surface area (Å²) in [5.41, 5.74) is 3.21. The number of aromatic nitrogens is 3. The molecular weight excluding hydrogens is 256 g/mol. The number of rotatable bonds is 3. The van der Waals surface area contributed by atoms with Gasteiger partial charge in [-0.2, -0.15) is 0 Å². The molecule has 1 aromatic carbocycles. The van der Waals surface area contributed by atoms with E-state index in [1.807, 2.05) is 30.1 Å². The van der Waals surface area contributed by atoms with E-state index >= 15 is 0 Å². The molecule has 0 atom stereocenters. The number of hydrogen-bond acceptors (Lipinski definition) is 4. The summed E-state index contributed by atoms with van der Waals surface area (Å²) >= 11 is 1.49. The molecule has 0 radical (unpaired) electrons. The molecule has 0 unspecified atom stereocenters. The lowest BCUT2D eigenvalue weighted by Gasteiger charge is -2.09. The van der Waals surface area contributed by atoms with Crippen LogP contribution in [0.5, 0.6) is 0 Å². The molecule has 0 spiro atoms. The Labute approximate surface area is 116 Å². The van der Waals surface area contributed by atoms with Gasteiger partial charge in [-0.25, -0.2) is 4.98 Å². The number of aryl methyl sites for hydroxylation is 2. The molecule has 0 saturated carbocycles. The molecule has 0 amide bonds. The Kier molecular flexibility index (Phi) is 3.13. The summed E-state index contributed by atoms with van der Waals surface area (Å²) in [7, 11) is 1.98. The number of anilines is 1. The fourth-order valence-corrected chi connectivity index (χ4v) is 2.65. The van der Waals surface area contributed by atoms with Crippen LogP contribution in [-0.4, -0.2) is 14.5 Å². The maximum atomic E-state index is 4.44. The molecule has 2 aromatic heterocycles. The van der Waals surface area contributed by atoms with E-state index in [1.54, 1.807) is 6.20 Å². The second-order valence-electron chi connectivity index (χ2n) is 4.41. The zero-order chi connectivity index (χ0) is 13.2. The summed E-state index contributed by atoms with van der Waals surface area (Å²) in [5, 5.41) is 2.07. The number of hydrogen-bond donors (Lipinski definition) is 1. The van der Waals surface area contributed by atoms with Gasteiger partial charge in [0, 0.05) is 43.0 Å². The molecule has 0 aliphatic rings. The smallest absolute Gasteiger partial charge is 0.188 e. The Hall–Kier alpha value is -2.01. The number of fused-ring (bicyclic) bond motifs is 1. The fourth-order valence-electron chi connectivity index (χ4n) is 1.97. The van der Waals surface area contributed by atoms with Gasteiger partial charge in [-0.15, -0.1) is 0 Å². The van der Waals surface area contributed by atoms with Gasteiger partial charge in [0.25, 0.3) is 0 Å². The van der Waals surface area contributed by atoms with E-state index in [0.717, 1.165) is 21.7 Å². The Bertz CT molecular complexity index is 720. The highest BCUT2D eigenvalue weighted by Gasteiger charge is 2.05. The standard InChI is InChI=1S/C14H14N4S/c1-10-8-11-4-3-5-15-13(11)12(9-10)17-19-14-16-6-7-18(14)2/h3-9,17H,1-2H3. The lowest BCUT2D eigenvalue weighted by atomic mass is 10.1. The lowest BCUT2D eigenvalue weighted by molar-refractivity contribution is 0.791. The van der Waals surface area contributed by atoms with Crippen molar-refractivity contribution in [3.8, 4) is 0 Å². The zero-order valence-electron chi connectivity index (χ0n) is 10.8. The molecule has 19 heavy (non-hydrogen) atoms. The van der Waals surface area contributed by atoms with Crippen molar-refractivity contribution in [1.29, 1.82) is 0 Å². The summed E-state index contributed by atoms with van der Waals surface area (Å²) in [6.07, 6.45) is 5.53. The van der Waals surface area contributed by atoms with Crippen LogP contribution >= 0.6 is 11.9 Å². The van der Waals surface area contributed by atoms with Crippen LogP contribution in [0.2, 0.25) is 0 Å². The van der Waals surface area contributed by atoms with Gasteiger partial charge in [-0.1, -0.05) is 6.07 Å². The van der Waals surface area contributed by atoms with Gasteiger partial charge in [-0.05, 0) is 30.7 Å². The van der Waals surface area contributed by atoms with Gasteiger partial charge in [0.05, 0.1) is 11.2 Å². The average molecular weight is 270 g/mol. The summed E-state index contributed by atoms with van der Waals surface area (Å²) in [6.45, 7) is 2.09. The van der Waals surface area contributed by atoms with Crippen LogP contribution in [0.4, 0.5) is 5.69 Å². The van der Waals surface area contributed by atoms with Gasteiger partial charge in [0.1, 0.15) is 0 Å². The van der Waals surface area contributed by atoms with Crippen molar-refractivity contribution in [2.24, 2.45) is 7.05 Å². The number of imidazole rings is 1. The molecular formula is C14H14N4S. The van der Waals surface area contributed by atoms with E-state index in [4.69, 9.17) is 0 Å². The second kappa shape index (κ2) is 4.93. The van der Waals surface area contributed by atoms with Crippen molar-refractivity contribution in [3.63, 3.8) is 0 Å². The zero-order valence-corrected chi connectivity index (χ0v) is 11.6. The first kappa shape index (κ1) is 12.0. The highest BCUT2D eigenvalue weighted by atomic mass is 32.2. The lowest BCUT2D eigenvalue weighted by Crippen LogP contribution is -1.95. The van der Waals surface area contributed by atoms with Crippen LogP contribution in [0.15, 0.2) is 48.0 Å². The summed E-state index contributed by atoms with van der Waals surface area (Å²) in [5.74, 6) is 0. The first-order valence-electron chi connectivity index (χ1n) is 5.99. The van der Waals surface area contributed by atoms with Crippen LogP contribution in [0.3, 0.4) is 0 Å². The Morgan fingerprint density at radius 3 is 2.89 bits per heavy atom. The van der Waals surface area contributed by atoms with Gasteiger partial charge < -0.3 is 9.29 Å². The van der Waals surface area contributed by atoms with Crippen molar-refractivity contribution in [3.05, 3.63) is 48.4 Å². The molecule has 1 N–H and O–H groups in total. The average Bonchev–Trinajstić information content (AvgIpc) is 2.81. The molecule has 3 rings (SSSR count). The van der Waals surface area contributed by atoms with Crippen LogP contribution < -0.4 is 4.72 Å². The normalized spacial score (nSPS) is 10.8. The number of benzene rings is 1. The van der Waals surface area contributed by atoms with E-state index < -0.39 is 0 Å². The largest absolute Gasteiger partial charge is 0.328 e. The van der Waals surface area contributed by atoms with E-state index in [2.05, 4.69) is 39.8 Å². The summed E-state index contributed by atoms with van der Waals surface area (Å²) in [6, 6.07) is 8.27. The predicted molar refractivity (Wildman–Crippen MR) is 79.2 cm³/mol. The molecule has 2 heterocycles. The Morgan fingerprint density at radius 2 is 2.11 bits per heavy atom. The third-order valence-electron chi connectivity index (χ3n) is 2.88. The SMILES string of the molecule is Cc1cc(NSc2nccn2C)c2ncccc2c1. The van der Waals surface area contributed by atoms with Crippen LogP contribution in [0.1, 0.15) is 5.56 Å². The van der Waals surface area contributed by atoms with Gasteiger partial charge in [0.2, 0.25) is 0 Å². The van der Waals surface area contributed by atoms with Crippen LogP contribution in [0, 0.1) is 6.92 Å². The Morgan fingerprint density at radius 1 is 1.21 bits per heavy atom. The molecule has 4 nitrogen and oxygen atoms in total. The topological polar surface area (TPSA) is 42.7 Å². The first-order valence-corrected chi connectivity index (χ1v) is 6.81. The molecule has 0 bridgehead atoms. The van der Waals surface area contributed by atoms with Crippen molar-refractivity contribution in [2.75, 3.05) is 4.72 Å². The monoisotopic (exact) mass is 270 g/mol. The maximum Gasteiger partial charge on any atom is 0.188 e. The minimum Gasteiger partial charge on any atom is -0.328 e. The van der Waals surface area contributed by atoms with Crippen molar-refractivity contribution < 1.29 is 0 Å².